The van der Waals surface area contributed by atoms with Gasteiger partial charge in [-0.15, -0.1) is 0 Å². The summed E-state index contributed by atoms with van der Waals surface area (Å²) in [6.45, 7) is 37.3. The lowest BCUT2D eigenvalue weighted by atomic mass is 9.86. The Labute approximate surface area is 768 Å². The SMILES string of the molecule is CC(C)Oc1cc2c(cc1Nc1nc(Nc3ccccc3S(=O)(=O)C(C)C)c3cc[nH]c3n1)C(=O)N(C1CCNCC1)C2.COc1cc2c(Nc3ccccc3S(=O)(=O)C(C)C)nc(Nc3cc(C)c(C4CCN(C)CC4)cc3OC(C)C)nc2cc1O.Cc1cc(Nc2nc(Nc3ccccc3S(=O)(=O)C(C)C)c3[nH]cnc3n2)c(OC(C)C)cc1C1CCN(C(C)C)CC1. The zero-order valence-corrected chi connectivity index (χ0v) is 80.3. The van der Waals surface area contributed by atoms with Crippen LogP contribution in [0.2, 0.25) is 0 Å². The fourth-order valence-electron chi connectivity index (χ4n) is 16.9. The number of likely N-dealkylation sites (tertiary alicyclic amines) is 2. The molecule has 0 unspecified atom stereocenters. The van der Waals surface area contributed by atoms with E-state index < -0.39 is 45.3 Å². The number of aromatic hydroxyl groups is 1. The Morgan fingerprint density at radius 2 is 0.924 bits per heavy atom. The Kier molecular flexibility index (Phi) is 29.4. The van der Waals surface area contributed by atoms with Crippen LogP contribution in [0.1, 0.15) is 185 Å². The summed E-state index contributed by atoms with van der Waals surface area (Å²) >= 11 is 0. The number of piperidine rings is 3. The van der Waals surface area contributed by atoms with Gasteiger partial charge in [0.1, 0.15) is 40.0 Å². The van der Waals surface area contributed by atoms with Gasteiger partial charge < -0.3 is 85.9 Å². The first-order valence-electron chi connectivity index (χ1n) is 45.1. The molecule has 696 valence electrons. The van der Waals surface area contributed by atoms with Gasteiger partial charge in [0.2, 0.25) is 17.8 Å². The summed E-state index contributed by atoms with van der Waals surface area (Å²) in [5.41, 5.74) is 11.8. The Balaban J connectivity index is 0.000000158. The number of methoxy groups -OCH3 is 1. The number of hydrogen-bond acceptors (Lipinski definition) is 28. The van der Waals surface area contributed by atoms with Crippen molar-refractivity contribution in [2.75, 3.05) is 85.3 Å². The van der Waals surface area contributed by atoms with Crippen molar-refractivity contribution in [2.45, 2.75) is 229 Å². The van der Waals surface area contributed by atoms with E-state index in [9.17, 15) is 35.2 Å². The van der Waals surface area contributed by atoms with Gasteiger partial charge in [-0.3, -0.25) is 4.79 Å². The number of H-pyrrole nitrogens is 2. The summed E-state index contributed by atoms with van der Waals surface area (Å²) < 4.78 is 103. The minimum Gasteiger partial charge on any atom is -0.504 e. The summed E-state index contributed by atoms with van der Waals surface area (Å²) in [5.74, 6) is 5.18. The van der Waals surface area contributed by atoms with Crippen molar-refractivity contribution >= 4 is 138 Å². The highest BCUT2D eigenvalue weighted by atomic mass is 32.2. The Hall–Kier alpha value is -12.0. The highest BCUT2D eigenvalue weighted by Gasteiger charge is 2.37. The van der Waals surface area contributed by atoms with Gasteiger partial charge in [0.15, 0.2) is 52.5 Å². The van der Waals surface area contributed by atoms with E-state index >= 15 is 0 Å². The lowest BCUT2D eigenvalue weighted by Gasteiger charge is -2.35. The summed E-state index contributed by atoms with van der Waals surface area (Å²) in [5, 5.41) is 33.2. The van der Waals surface area contributed by atoms with E-state index in [0.29, 0.717) is 126 Å². The Bertz CT molecular complexity index is 6500. The molecule has 34 heteroatoms. The van der Waals surface area contributed by atoms with Gasteiger partial charge in [0.05, 0.1) is 107 Å². The molecule has 0 radical (unpaired) electrons. The van der Waals surface area contributed by atoms with Crippen LogP contribution >= 0.6 is 0 Å². The van der Waals surface area contributed by atoms with Crippen LogP contribution in [0, 0.1) is 13.8 Å². The zero-order valence-electron chi connectivity index (χ0n) is 77.9. The first-order valence-corrected chi connectivity index (χ1v) is 49.7. The third kappa shape index (κ3) is 21.6. The summed E-state index contributed by atoms with van der Waals surface area (Å²) in [6, 6.07) is 38.4. The molecule has 1 amide bonds. The molecular weight excluding hydrogens is 1720 g/mol. The molecule has 4 aliphatic rings. The van der Waals surface area contributed by atoms with E-state index in [2.05, 4.69) is 131 Å². The lowest BCUT2D eigenvalue weighted by Crippen LogP contribution is -2.43. The maximum atomic E-state index is 13.5. The third-order valence-corrected chi connectivity index (χ3v) is 30.7. The van der Waals surface area contributed by atoms with Gasteiger partial charge in [-0.05, 0) is 320 Å². The van der Waals surface area contributed by atoms with Crippen LogP contribution < -0.4 is 56.2 Å². The molecule has 7 aromatic carbocycles. The van der Waals surface area contributed by atoms with E-state index in [-0.39, 0.29) is 68.3 Å². The maximum Gasteiger partial charge on any atom is 0.254 e. The average Bonchev–Trinajstić information content (AvgIpc) is 1.72. The van der Waals surface area contributed by atoms with Gasteiger partial charge in [0, 0.05) is 41.8 Å². The predicted molar refractivity (Wildman–Crippen MR) is 519 cm³/mol. The number of fused-ring (bicyclic) bond motifs is 4. The number of para-hydroxylation sites is 3. The molecule has 0 bridgehead atoms. The smallest absolute Gasteiger partial charge is 0.254 e. The van der Waals surface area contributed by atoms with E-state index in [1.165, 1.54) is 29.9 Å². The van der Waals surface area contributed by atoms with Crippen LogP contribution in [0.3, 0.4) is 0 Å². The molecule has 0 aliphatic carbocycles. The van der Waals surface area contributed by atoms with Gasteiger partial charge in [-0.2, -0.15) is 24.9 Å². The van der Waals surface area contributed by atoms with Crippen molar-refractivity contribution in [1.82, 2.24) is 64.9 Å². The first-order chi connectivity index (χ1) is 62.4. The topological polar surface area (TPSA) is 392 Å². The molecule has 0 spiro atoms. The zero-order chi connectivity index (χ0) is 93.7. The second-order valence-electron chi connectivity index (χ2n) is 35.9. The van der Waals surface area contributed by atoms with E-state index in [0.717, 1.165) is 100 Å². The number of sulfone groups is 3. The van der Waals surface area contributed by atoms with Crippen LogP contribution in [-0.4, -0.2) is 195 Å². The molecule has 0 saturated carbocycles. The predicted octanol–water partition coefficient (Wildman–Crippen LogP) is 18.7. The fraction of sp³-hybridized carbons (Fsp3) is 0.423. The quantitative estimate of drug-likeness (QED) is 0.0208. The third-order valence-electron chi connectivity index (χ3n) is 24.1. The number of aromatic amines is 2. The number of hydrogen-bond donors (Lipinski definition) is 10. The number of carbonyl (C=O) groups is 1. The number of anilines is 12. The number of amides is 1. The molecule has 3 saturated heterocycles. The van der Waals surface area contributed by atoms with Gasteiger partial charge in [0.25, 0.3) is 5.91 Å². The molecular formula is C97H123N19O12S3. The molecule has 5 aromatic heterocycles. The number of imidazole rings is 1. The second-order valence-corrected chi connectivity index (χ2v) is 43.3. The molecule has 10 N–H and O–H groups in total. The normalized spacial score (nSPS) is 15.2. The van der Waals surface area contributed by atoms with Crippen molar-refractivity contribution in [3.05, 3.63) is 173 Å². The Morgan fingerprint density at radius 3 is 1.41 bits per heavy atom. The molecule has 31 nitrogen and oxygen atoms in total. The van der Waals surface area contributed by atoms with Crippen LogP contribution in [0.5, 0.6) is 28.7 Å². The standard InChI is InChI=1S/C34H43N5O5S.C32H43N7O3S.C31H37N7O4S/c1-20(2)44-30-17-24(23-12-14-39(6)15-13-23)22(5)16-28(30)37-34-36-27-19-29(40)31(43-7)18-25(27)33(38-34)35-26-10-8-9-11-32(26)45(41,42)21(3)4;1-19(2)39-14-12-23(13-15-39)24-17-27(42-20(3)4)26(16-22(24)7)36-32-37-30-29(33-18-34-30)31(38-32)35-25-10-8-9-11-28(25)43(40,41)21(5)6;1-18(2)42-26-15-20-17-38(21-9-12-32-13-10-21)30(39)23(20)16-25(26)35-31-36-28-22(11-14-33-28)29(37-31)34-24-7-5-6-8-27(24)43(40,41)19(3)4/h8-11,16-21,23,40H,12-15H2,1-7H3,(H2,35,36,37,38);8-11,16-21,23H,12-15H2,1-7H3,(H3,33,34,35,36,37,38);5-8,11,14-16,18-19,21,32H,9-10,12-13,17H2,1-4H3,(H3,33,34,35,36,37). The summed E-state index contributed by atoms with van der Waals surface area (Å²) in [6.07, 6.45) is 9.41. The lowest BCUT2D eigenvalue weighted by molar-refractivity contribution is 0.0668. The number of phenolic OH excluding ortho intramolecular Hbond substituents is 1. The highest BCUT2D eigenvalue weighted by Crippen LogP contribution is 2.45. The molecule has 12 aromatic rings. The number of aromatic nitrogens is 9. The molecule has 16 rings (SSSR count). The minimum absolute atomic E-state index is 0.0205. The average molecular weight is 1840 g/mol. The van der Waals surface area contributed by atoms with Gasteiger partial charge in [-0.25, -0.2) is 35.2 Å². The summed E-state index contributed by atoms with van der Waals surface area (Å²) in [7, 11) is -7.07. The van der Waals surface area contributed by atoms with E-state index in [1.54, 1.807) is 133 Å². The first kappa shape index (κ1) is 95.1. The Morgan fingerprint density at radius 1 is 0.473 bits per heavy atom. The molecule has 3 fully saturated rings. The fourth-order valence-corrected chi connectivity index (χ4v) is 20.6. The summed E-state index contributed by atoms with van der Waals surface area (Å²) in [4.78, 5) is 59.9. The van der Waals surface area contributed by atoms with Crippen LogP contribution in [-0.2, 0) is 36.1 Å². The molecule has 0 atom stereocenters. The van der Waals surface area contributed by atoms with Gasteiger partial charge in [-0.1, -0.05) is 36.4 Å². The van der Waals surface area contributed by atoms with E-state index in [1.807, 2.05) is 64.6 Å². The number of ether oxygens (including phenoxy) is 4. The number of aryl methyl sites for hydroxylation is 2. The number of nitrogens with one attached hydrogen (secondary N) is 9. The molecule has 9 heterocycles. The second kappa shape index (κ2) is 40.4. The maximum absolute atomic E-state index is 13.5. The monoisotopic (exact) mass is 1840 g/mol. The number of nitrogens with zero attached hydrogens (tertiary/aromatic N) is 10. The van der Waals surface area contributed by atoms with Crippen molar-refractivity contribution in [3.63, 3.8) is 0 Å². The van der Waals surface area contributed by atoms with Crippen LogP contribution in [0.4, 0.5) is 69.4 Å². The van der Waals surface area contributed by atoms with Crippen molar-refractivity contribution < 1.29 is 54.1 Å². The van der Waals surface area contributed by atoms with E-state index in [4.69, 9.17) is 38.9 Å². The van der Waals surface area contributed by atoms with Crippen molar-refractivity contribution in [3.8, 4) is 28.7 Å². The van der Waals surface area contributed by atoms with Gasteiger partial charge >= 0.3 is 0 Å². The number of benzene rings is 7. The van der Waals surface area contributed by atoms with Crippen molar-refractivity contribution in [1.29, 1.82) is 0 Å². The van der Waals surface area contributed by atoms with Crippen LogP contribution in [0.15, 0.2) is 155 Å². The number of carbonyl (C=O) groups excluding carboxylic acids is 1. The minimum atomic E-state index is -3.60. The largest absolute Gasteiger partial charge is 0.504 e. The highest BCUT2D eigenvalue weighted by molar-refractivity contribution is 7.92. The number of phenols is 1. The molecule has 131 heavy (non-hydrogen) atoms. The number of rotatable bonds is 29. The molecule has 4 aliphatic heterocycles. The van der Waals surface area contributed by atoms with Crippen LogP contribution in [0.25, 0.3) is 33.1 Å². The van der Waals surface area contributed by atoms with Crippen molar-refractivity contribution in [2.24, 2.45) is 0 Å².